The predicted octanol–water partition coefficient (Wildman–Crippen LogP) is -4.08. The zero-order valence-electron chi connectivity index (χ0n) is 11.2. The molecule has 0 aromatic carbocycles. The third kappa shape index (κ3) is 8.70. The minimum absolute atomic E-state index is 0. The Morgan fingerprint density at radius 3 is 2.17 bits per heavy atom. The van der Waals surface area contributed by atoms with Gasteiger partial charge in [0, 0.05) is 39.3 Å². The number of hydrogen-bond donors (Lipinski definition) is 1. The molecule has 0 bridgehead atoms. The Bertz CT molecular complexity index is 318. The average Bonchev–Trinajstić information content (AvgIpc) is 2.27. The first-order valence-corrected chi connectivity index (χ1v) is 7.55. The number of aliphatic hydroxyl groups excluding tert-OH is 1. The van der Waals surface area contributed by atoms with E-state index >= 15 is 0 Å². The van der Waals surface area contributed by atoms with Crippen LogP contribution in [0, 0.1) is 0 Å². The summed E-state index contributed by atoms with van der Waals surface area (Å²) in [6, 6.07) is 0. The molecule has 1 aliphatic rings. The summed E-state index contributed by atoms with van der Waals surface area (Å²) >= 11 is 0. The fraction of sp³-hybridized carbons (Fsp3) is 1.00. The van der Waals surface area contributed by atoms with Crippen LogP contribution in [-0.2, 0) is 10.1 Å². The van der Waals surface area contributed by atoms with Crippen molar-refractivity contribution in [2.75, 3.05) is 45.0 Å². The Hall–Kier alpha value is 1.60. The van der Waals surface area contributed by atoms with Gasteiger partial charge < -0.3 is 9.66 Å². The summed E-state index contributed by atoms with van der Waals surface area (Å²) < 4.78 is 31.5. The summed E-state index contributed by atoms with van der Waals surface area (Å²) in [5.41, 5.74) is 0. The zero-order valence-corrected chi connectivity index (χ0v) is 16.9. The van der Waals surface area contributed by atoms with Crippen molar-refractivity contribution in [2.45, 2.75) is 19.4 Å². The van der Waals surface area contributed by atoms with Crippen molar-refractivity contribution >= 4 is 10.1 Å². The van der Waals surface area contributed by atoms with Crippen molar-refractivity contribution < 1.29 is 76.3 Å². The monoisotopic (exact) mass is 350 g/mol. The SMILES string of the molecule is CCC(O)CN1CCN(CCS(=O)(=O)[O-])CC1.[Rb+]. The van der Waals surface area contributed by atoms with E-state index in [9.17, 15) is 18.1 Å². The summed E-state index contributed by atoms with van der Waals surface area (Å²) in [5.74, 6) is -0.315. The Morgan fingerprint density at radius 2 is 1.72 bits per heavy atom. The number of nitrogens with zero attached hydrogens (tertiary/aromatic N) is 2. The summed E-state index contributed by atoms with van der Waals surface area (Å²) in [6.45, 7) is 6.07. The van der Waals surface area contributed by atoms with Gasteiger partial charge >= 0.3 is 58.2 Å². The quantitative estimate of drug-likeness (QED) is 0.491. The third-order valence-electron chi connectivity index (χ3n) is 3.06. The van der Waals surface area contributed by atoms with Gasteiger partial charge in [-0.05, 0) is 6.42 Å². The summed E-state index contributed by atoms with van der Waals surface area (Å²) in [6.07, 6.45) is 0.456. The molecule has 0 aromatic rings. The van der Waals surface area contributed by atoms with Crippen LogP contribution in [0.3, 0.4) is 0 Å². The number of β-amino-alcohol motifs (C(OH)–C–C–N with tert-alkyl or cyclic N) is 1. The van der Waals surface area contributed by atoms with E-state index in [4.69, 9.17) is 0 Å². The van der Waals surface area contributed by atoms with Crippen molar-refractivity contribution in [1.82, 2.24) is 9.80 Å². The Balaban J connectivity index is 0.00000289. The molecule has 0 saturated carbocycles. The van der Waals surface area contributed by atoms with Crippen molar-refractivity contribution in [3.63, 3.8) is 0 Å². The molecule has 1 aliphatic heterocycles. The molecule has 0 aromatic heterocycles. The molecular weight excluding hydrogens is 330 g/mol. The minimum atomic E-state index is -4.11. The predicted molar refractivity (Wildman–Crippen MR) is 63.7 cm³/mol. The summed E-state index contributed by atoms with van der Waals surface area (Å²) in [5, 5.41) is 9.51. The van der Waals surface area contributed by atoms with Gasteiger partial charge in [0.05, 0.1) is 22.0 Å². The molecule has 0 amide bonds. The molecule has 1 unspecified atom stereocenters. The largest absolute Gasteiger partial charge is 1.00 e. The molecule has 18 heavy (non-hydrogen) atoms. The molecule has 1 heterocycles. The van der Waals surface area contributed by atoms with Gasteiger partial charge in [0.25, 0.3) is 0 Å². The van der Waals surface area contributed by atoms with E-state index in [0.717, 1.165) is 32.6 Å². The first kappa shape index (κ1) is 19.6. The Kier molecular flexibility index (Phi) is 10.4. The van der Waals surface area contributed by atoms with Gasteiger partial charge in [0.15, 0.2) is 0 Å². The second-order valence-electron chi connectivity index (χ2n) is 4.47. The van der Waals surface area contributed by atoms with Crippen LogP contribution < -0.4 is 58.2 Å². The van der Waals surface area contributed by atoms with Crippen molar-refractivity contribution in [3.05, 3.63) is 0 Å². The van der Waals surface area contributed by atoms with E-state index in [1.165, 1.54) is 0 Å². The van der Waals surface area contributed by atoms with Gasteiger partial charge in [-0.2, -0.15) is 0 Å². The summed E-state index contributed by atoms with van der Waals surface area (Å²) in [7, 11) is -4.11. The van der Waals surface area contributed by atoms with Gasteiger partial charge in [-0.15, -0.1) is 0 Å². The number of piperazine rings is 1. The van der Waals surface area contributed by atoms with Crippen LogP contribution in [0.15, 0.2) is 0 Å². The topological polar surface area (TPSA) is 83.9 Å². The van der Waals surface area contributed by atoms with E-state index in [1.54, 1.807) is 0 Å². The maximum Gasteiger partial charge on any atom is 1.00 e. The molecule has 1 N–H and O–H groups in total. The molecule has 1 saturated heterocycles. The second-order valence-corrected chi connectivity index (χ2v) is 5.99. The number of aliphatic hydroxyl groups is 1. The summed E-state index contributed by atoms with van der Waals surface area (Å²) in [4.78, 5) is 4.14. The van der Waals surface area contributed by atoms with Crippen LogP contribution in [-0.4, -0.2) is 79.0 Å². The fourth-order valence-electron chi connectivity index (χ4n) is 1.86. The molecular formula is C10H21N2O4RbS. The van der Waals surface area contributed by atoms with E-state index in [1.807, 2.05) is 11.8 Å². The van der Waals surface area contributed by atoms with Gasteiger partial charge in [0.1, 0.15) is 0 Å². The fourth-order valence-corrected chi connectivity index (χ4v) is 2.35. The van der Waals surface area contributed by atoms with Gasteiger partial charge in [-0.1, -0.05) is 6.92 Å². The van der Waals surface area contributed by atoms with Crippen molar-refractivity contribution in [2.24, 2.45) is 0 Å². The molecule has 6 nitrogen and oxygen atoms in total. The molecule has 0 aliphatic carbocycles. The van der Waals surface area contributed by atoms with Crippen LogP contribution in [0.5, 0.6) is 0 Å². The average molecular weight is 351 g/mol. The van der Waals surface area contributed by atoms with Gasteiger partial charge in [0.2, 0.25) is 0 Å². The molecule has 1 atom stereocenters. The number of hydrogen-bond acceptors (Lipinski definition) is 6. The van der Waals surface area contributed by atoms with E-state index in [2.05, 4.69) is 4.90 Å². The standard InChI is InChI=1S/C10H22N2O4S.Rb/c1-2-10(13)9-12-5-3-11(4-6-12)7-8-17(14,15)16;/h10,13H,2-9H2,1H3,(H,14,15,16);/q;+1/p-1. The molecule has 102 valence electrons. The molecule has 8 heteroatoms. The normalized spacial score (nSPS) is 20.4. The Morgan fingerprint density at radius 1 is 1.22 bits per heavy atom. The van der Waals surface area contributed by atoms with Gasteiger partial charge in [-0.3, -0.25) is 9.80 Å². The smallest absolute Gasteiger partial charge is 0.748 e. The van der Waals surface area contributed by atoms with E-state index in [0.29, 0.717) is 13.1 Å². The zero-order chi connectivity index (χ0) is 12.9. The van der Waals surface area contributed by atoms with Crippen LogP contribution >= 0.6 is 0 Å². The minimum Gasteiger partial charge on any atom is -0.748 e. The first-order chi connectivity index (χ1) is 7.90. The molecule has 1 rings (SSSR count). The van der Waals surface area contributed by atoms with Crippen LogP contribution in [0.4, 0.5) is 0 Å². The molecule has 1 fully saturated rings. The van der Waals surface area contributed by atoms with E-state index in [-0.39, 0.29) is 70.0 Å². The Labute approximate surface area is 158 Å². The van der Waals surface area contributed by atoms with Crippen LogP contribution in [0.25, 0.3) is 0 Å². The molecule has 0 radical (unpaired) electrons. The van der Waals surface area contributed by atoms with Crippen LogP contribution in [0.1, 0.15) is 13.3 Å². The second kappa shape index (κ2) is 9.52. The maximum atomic E-state index is 10.5. The third-order valence-corrected chi connectivity index (χ3v) is 3.75. The molecule has 0 spiro atoms. The van der Waals surface area contributed by atoms with Crippen molar-refractivity contribution in [3.8, 4) is 0 Å². The van der Waals surface area contributed by atoms with Gasteiger partial charge in [-0.25, -0.2) is 8.42 Å². The first-order valence-electron chi connectivity index (χ1n) is 5.97. The van der Waals surface area contributed by atoms with Crippen molar-refractivity contribution in [1.29, 1.82) is 0 Å². The maximum absolute atomic E-state index is 10.5. The van der Waals surface area contributed by atoms with E-state index < -0.39 is 10.1 Å². The van der Waals surface area contributed by atoms with Crippen LogP contribution in [0.2, 0.25) is 0 Å². The number of rotatable bonds is 6.